The van der Waals surface area contributed by atoms with Crippen molar-refractivity contribution in [3.63, 3.8) is 0 Å². The number of rotatable bonds is 3. The monoisotopic (exact) mass is 347 g/mol. The van der Waals surface area contributed by atoms with Crippen LogP contribution in [0.4, 0.5) is 20.6 Å². The van der Waals surface area contributed by atoms with Crippen LogP contribution in [-0.2, 0) is 4.79 Å². The van der Waals surface area contributed by atoms with Gasteiger partial charge in [0, 0.05) is 18.7 Å². The first-order valence-corrected chi connectivity index (χ1v) is 7.79. The van der Waals surface area contributed by atoms with E-state index in [1.807, 2.05) is 0 Å². The smallest absolute Gasteiger partial charge is 0.319 e. The number of nitrogens with zero attached hydrogens (tertiary/aromatic N) is 1. The van der Waals surface area contributed by atoms with E-state index in [2.05, 4.69) is 10.6 Å². The summed E-state index contributed by atoms with van der Waals surface area (Å²) in [4.78, 5) is 25.7. The molecule has 124 valence electrons. The maximum absolute atomic E-state index is 13.0. The molecule has 0 bridgehead atoms. The summed E-state index contributed by atoms with van der Waals surface area (Å²) in [6, 6.07) is 11.8. The SMILES string of the molecule is O=C(Nc1ccccc1Cl)N[C@H]1CC(=O)N(c2ccc(F)cc2)C1. The van der Waals surface area contributed by atoms with Crippen LogP contribution in [0.5, 0.6) is 0 Å². The van der Waals surface area contributed by atoms with Gasteiger partial charge in [-0.2, -0.15) is 0 Å². The number of benzene rings is 2. The van der Waals surface area contributed by atoms with E-state index in [1.54, 1.807) is 36.4 Å². The van der Waals surface area contributed by atoms with E-state index in [-0.39, 0.29) is 24.2 Å². The predicted molar refractivity (Wildman–Crippen MR) is 90.8 cm³/mol. The molecule has 2 aromatic carbocycles. The highest BCUT2D eigenvalue weighted by atomic mass is 35.5. The fraction of sp³-hybridized carbons (Fsp3) is 0.176. The molecule has 1 fully saturated rings. The van der Waals surface area contributed by atoms with Crippen molar-refractivity contribution in [1.29, 1.82) is 0 Å². The zero-order valence-corrected chi connectivity index (χ0v) is 13.4. The highest BCUT2D eigenvalue weighted by Gasteiger charge is 2.31. The van der Waals surface area contributed by atoms with Crippen molar-refractivity contribution in [1.82, 2.24) is 5.32 Å². The molecule has 1 heterocycles. The standard InChI is InChI=1S/C17H15ClFN3O2/c18-14-3-1-2-4-15(14)21-17(24)20-12-9-16(23)22(10-12)13-7-5-11(19)6-8-13/h1-8,12H,9-10H2,(H2,20,21,24)/t12-/m0/s1. The lowest BCUT2D eigenvalue weighted by molar-refractivity contribution is -0.117. The molecule has 3 amide bonds. The van der Waals surface area contributed by atoms with Gasteiger partial charge in [0.25, 0.3) is 0 Å². The second-order valence-electron chi connectivity index (χ2n) is 5.46. The van der Waals surface area contributed by atoms with Crippen molar-refractivity contribution in [3.8, 4) is 0 Å². The van der Waals surface area contributed by atoms with Crippen LogP contribution in [0.3, 0.4) is 0 Å². The molecule has 0 saturated carbocycles. The number of hydrogen-bond donors (Lipinski definition) is 2. The van der Waals surface area contributed by atoms with Crippen LogP contribution in [0.1, 0.15) is 6.42 Å². The Bertz CT molecular complexity index is 767. The van der Waals surface area contributed by atoms with Crippen LogP contribution < -0.4 is 15.5 Å². The molecule has 3 rings (SSSR count). The van der Waals surface area contributed by atoms with Crippen LogP contribution in [0.25, 0.3) is 0 Å². The van der Waals surface area contributed by atoms with Gasteiger partial charge >= 0.3 is 6.03 Å². The molecule has 0 spiro atoms. The molecule has 24 heavy (non-hydrogen) atoms. The number of carbonyl (C=O) groups is 2. The Hall–Kier alpha value is -2.60. The molecule has 0 unspecified atom stereocenters. The zero-order valence-electron chi connectivity index (χ0n) is 12.6. The second kappa shape index (κ2) is 6.88. The molecule has 7 heteroatoms. The van der Waals surface area contributed by atoms with E-state index >= 15 is 0 Å². The zero-order chi connectivity index (χ0) is 17.1. The van der Waals surface area contributed by atoms with Crippen molar-refractivity contribution in [2.24, 2.45) is 0 Å². The van der Waals surface area contributed by atoms with Crippen molar-refractivity contribution in [3.05, 3.63) is 59.4 Å². The maximum atomic E-state index is 13.0. The van der Waals surface area contributed by atoms with Gasteiger partial charge in [-0.3, -0.25) is 4.79 Å². The molecule has 1 aliphatic heterocycles. The average Bonchev–Trinajstić information content (AvgIpc) is 2.90. The quantitative estimate of drug-likeness (QED) is 0.893. The van der Waals surface area contributed by atoms with Crippen molar-refractivity contribution in [2.75, 3.05) is 16.8 Å². The van der Waals surface area contributed by atoms with E-state index in [1.165, 1.54) is 17.0 Å². The minimum Gasteiger partial charge on any atom is -0.333 e. The van der Waals surface area contributed by atoms with Crippen LogP contribution >= 0.6 is 11.6 Å². The van der Waals surface area contributed by atoms with Gasteiger partial charge in [-0.05, 0) is 36.4 Å². The Labute approximate surface area is 143 Å². The molecule has 0 aliphatic carbocycles. The van der Waals surface area contributed by atoms with Crippen LogP contribution in [0.15, 0.2) is 48.5 Å². The average molecular weight is 348 g/mol. The molecular formula is C17H15ClFN3O2. The molecule has 1 aliphatic rings. The number of amides is 3. The molecule has 0 radical (unpaired) electrons. The third-order valence-corrected chi connectivity index (χ3v) is 4.05. The largest absolute Gasteiger partial charge is 0.333 e. The third kappa shape index (κ3) is 3.65. The van der Waals surface area contributed by atoms with E-state index in [9.17, 15) is 14.0 Å². The molecule has 0 aromatic heterocycles. The first-order chi connectivity index (χ1) is 11.5. The molecular weight excluding hydrogens is 333 g/mol. The van der Waals surface area contributed by atoms with E-state index in [0.717, 1.165) is 0 Å². The normalized spacial score (nSPS) is 17.0. The number of para-hydroxylation sites is 1. The van der Waals surface area contributed by atoms with E-state index < -0.39 is 6.03 Å². The number of halogens is 2. The van der Waals surface area contributed by atoms with Gasteiger partial charge in [0.15, 0.2) is 0 Å². The minimum absolute atomic E-state index is 0.121. The first-order valence-electron chi connectivity index (χ1n) is 7.41. The summed E-state index contributed by atoms with van der Waals surface area (Å²) in [5.74, 6) is -0.483. The summed E-state index contributed by atoms with van der Waals surface area (Å²) in [6.07, 6.45) is 0.188. The molecule has 1 atom stereocenters. The Balaban J connectivity index is 1.61. The summed E-state index contributed by atoms with van der Waals surface area (Å²) in [7, 11) is 0. The highest BCUT2D eigenvalue weighted by Crippen LogP contribution is 2.23. The van der Waals surface area contributed by atoms with Crippen LogP contribution in [-0.4, -0.2) is 24.5 Å². The molecule has 2 N–H and O–H groups in total. The molecule has 2 aromatic rings. The predicted octanol–water partition coefficient (Wildman–Crippen LogP) is 3.41. The summed E-state index contributed by atoms with van der Waals surface area (Å²) < 4.78 is 13.0. The van der Waals surface area contributed by atoms with Crippen molar-refractivity contribution < 1.29 is 14.0 Å². The van der Waals surface area contributed by atoms with Gasteiger partial charge in [-0.25, -0.2) is 9.18 Å². The third-order valence-electron chi connectivity index (χ3n) is 3.72. The number of hydrogen-bond acceptors (Lipinski definition) is 2. The summed E-state index contributed by atoms with van der Waals surface area (Å²) in [5.41, 5.74) is 1.11. The number of anilines is 2. The topological polar surface area (TPSA) is 61.4 Å². The lowest BCUT2D eigenvalue weighted by Crippen LogP contribution is -2.39. The fourth-order valence-corrected chi connectivity index (χ4v) is 2.76. The first kappa shape index (κ1) is 16.3. The summed E-state index contributed by atoms with van der Waals surface area (Å²) in [5, 5.41) is 5.84. The summed E-state index contributed by atoms with van der Waals surface area (Å²) >= 11 is 5.99. The van der Waals surface area contributed by atoms with Gasteiger partial charge in [-0.1, -0.05) is 23.7 Å². The molecule has 5 nitrogen and oxygen atoms in total. The van der Waals surface area contributed by atoms with Gasteiger partial charge in [0.2, 0.25) is 5.91 Å². The van der Waals surface area contributed by atoms with Gasteiger partial charge < -0.3 is 15.5 Å². The van der Waals surface area contributed by atoms with E-state index in [4.69, 9.17) is 11.6 Å². The maximum Gasteiger partial charge on any atom is 0.319 e. The number of urea groups is 1. The van der Waals surface area contributed by atoms with Crippen molar-refractivity contribution in [2.45, 2.75) is 12.5 Å². The Morgan fingerprint density at radius 3 is 2.58 bits per heavy atom. The van der Waals surface area contributed by atoms with E-state index in [0.29, 0.717) is 22.9 Å². The minimum atomic E-state index is -0.429. The Morgan fingerprint density at radius 2 is 1.88 bits per heavy atom. The summed E-state index contributed by atoms with van der Waals surface area (Å²) in [6.45, 7) is 0.334. The van der Waals surface area contributed by atoms with Crippen molar-refractivity contribution >= 4 is 34.9 Å². The fourth-order valence-electron chi connectivity index (χ4n) is 2.58. The number of carbonyl (C=O) groups excluding carboxylic acids is 2. The highest BCUT2D eigenvalue weighted by molar-refractivity contribution is 6.33. The number of nitrogens with one attached hydrogen (secondary N) is 2. The second-order valence-corrected chi connectivity index (χ2v) is 5.87. The van der Waals surface area contributed by atoms with Gasteiger partial charge in [-0.15, -0.1) is 0 Å². The molecule has 1 saturated heterocycles. The lowest BCUT2D eigenvalue weighted by Gasteiger charge is -2.17. The Kier molecular flexibility index (Phi) is 4.66. The Morgan fingerprint density at radius 1 is 1.17 bits per heavy atom. The van der Waals surface area contributed by atoms with Crippen LogP contribution in [0.2, 0.25) is 5.02 Å². The van der Waals surface area contributed by atoms with Crippen LogP contribution in [0, 0.1) is 5.82 Å². The van der Waals surface area contributed by atoms with Gasteiger partial charge in [0.05, 0.1) is 16.8 Å². The van der Waals surface area contributed by atoms with Gasteiger partial charge in [0.1, 0.15) is 5.82 Å². The lowest BCUT2D eigenvalue weighted by atomic mass is 10.2.